The van der Waals surface area contributed by atoms with Crippen LogP contribution in [0.4, 0.5) is 18.0 Å². The van der Waals surface area contributed by atoms with Crippen LogP contribution in [-0.2, 0) is 14.2 Å². The second-order valence-corrected chi connectivity index (χ2v) is 4.66. The zero-order valence-electron chi connectivity index (χ0n) is 12.5. The van der Waals surface area contributed by atoms with Crippen LogP contribution in [0.1, 0.15) is 22.3 Å². The Bertz CT molecular complexity index is 666. The summed E-state index contributed by atoms with van der Waals surface area (Å²) in [5.41, 5.74) is 1.12. The zero-order valence-corrected chi connectivity index (χ0v) is 12.5. The second-order valence-electron chi connectivity index (χ2n) is 4.66. The average Bonchev–Trinajstić information content (AvgIpc) is 2.53. The van der Waals surface area contributed by atoms with Gasteiger partial charge in [0.1, 0.15) is 5.75 Å². The summed E-state index contributed by atoms with van der Waals surface area (Å²) in [4.78, 5) is 22.9. The SMILES string of the molecule is COC(=O)c1ccc(OC(=O)OC(F)(F)F)c(C2=CCOCC2)c1. The maximum absolute atomic E-state index is 12.1. The van der Waals surface area contributed by atoms with E-state index in [-0.39, 0.29) is 11.3 Å². The molecule has 0 amide bonds. The van der Waals surface area contributed by atoms with E-state index < -0.39 is 18.5 Å². The van der Waals surface area contributed by atoms with Gasteiger partial charge in [-0.3, -0.25) is 0 Å². The largest absolute Gasteiger partial charge is 0.577 e. The van der Waals surface area contributed by atoms with Gasteiger partial charge in [-0.1, -0.05) is 6.08 Å². The Morgan fingerprint density at radius 3 is 2.58 bits per heavy atom. The summed E-state index contributed by atoms with van der Waals surface area (Å²) in [6.07, 6.45) is -4.94. The van der Waals surface area contributed by atoms with Crippen molar-refractivity contribution in [2.45, 2.75) is 12.8 Å². The summed E-state index contributed by atoms with van der Waals surface area (Å²) in [5, 5.41) is 0. The summed E-state index contributed by atoms with van der Waals surface area (Å²) in [6, 6.07) is 3.85. The molecule has 0 aromatic heterocycles. The molecule has 1 heterocycles. The summed E-state index contributed by atoms with van der Waals surface area (Å²) in [5.74, 6) is -0.793. The summed E-state index contributed by atoms with van der Waals surface area (Å²) < 4.78 is 53.8. The van der Waals surface area contributed by atoms with Crippen LogP contribution < -0.4 is 4.74 Å². The van der Waals surface area contributed by atoms with Crippen LogP contribution in [0.2, 0.25) is 0 Å². The minimum absolute atomic E-state index is 0.162. The standard InChI is InChI=1S/C15H13F3O6/c1-21-13(19)10-2-3-12(23-14(20)24-15(16,17)18)11(8-10)9-4-6-22-7-5-9/h2-4,8H,5-7H2,1H3. The molecule has 0 atom stereocenters. The highest BCUT2D eigenvalue weighted by atomic mass is 19.4. The van der Waals surface area contributed by atoms with Gasteiger partial charge >= 0.3 is 18.5 Å². The molecule has 1 aliphatic heterocycles. The number of hydrogen-bond donors (Lipinski definition) is 0. The van der Waals surface area contributed by atoms with Crippen molar-refractivity contribution in [3.05, 3.63) is 35.4 Å². The fraction of sp³-hybridized carbons (Fsp3) is 0.333. The minimum atomic E-state index is -5.15. The highest BCUT2D eigenvalue weighted by Gasteiger charge is 2.35. The Labute approximate surface area is 134 Å². The van der Waals surface area contributed by atoms with E-state index in [2.05, 4.69) is 14.2 Å². The molecule has 0 aliphatic carbocycles. The normalized spacial score (nSPS) is 14.6. The van der Waals surface area contributed by atoms with Gasteiger partial charge in [0.15, 0.2) is 0 Å². The van der Waals surface area contributed by atoms with Crippen LogP contribution in [0.3, 0.4) is 0 Å². The molecule has 130 valence electrons. The van der Waals surface area contributed by atoms with Crippen molar-refractivity contribution in [1.82, 2.24) is 0 Å². The fourth-order valence-corrected chi connectivity index (χ4v) is 2.09. The second kappa shape index (κ2) is 7.35. The quantitative estimate of drug-likeness (QED) is 0.618. The van der Waals surface area contributed by atoms with Crippen molar-refractivity contribution < 1.29 is 41.7 Å². The molecule has 0 unspecified atom stereocenters. The molecule has 1 aromatic carbocycles. The van der Waals surface area contributed by atoms with Crippen molar-refractivity contribution in [1.29, 1.82) is 0 Å². The van der Waals surface area contributed by atoms with Gasteiger partial charge in [-0.2, -0.15) is 0 Å². The molecule has 1 aliphatic rings. The van der Waals surface area contributed by atoms with Crippen molar-refractivity contribution >= 4 is 17.7 Å². The molecule has 0 saturated carbocycles. The van der Waals surface area contributed by atoms with E-state index in [0.717, 1.165) is 0 Å². The fourth-order valence-electron chi connectivity index (χ4n) is 2.09. The number of methoxy groups -OCH3 is 1. The number of alkyl halides is 3. The highest BCUT2D eigenvalue weighted by molar-refractivity contribution is 5.91. The first kappa shape index (κ1) is 17.8. The third kappa shape index (κ3) is 4.72. The lowest BCUT2D eigenvalue weighted by molar-refractivity contribution is -0.296. The molecule has 0 spiro atoms. The third-order valence-corrected chi connectivity index (χ3v) is 3.10. The van der Waals surface area contributed by atoms with E-state index in [4.69, 9.17) is 4.74 Å². The number of hydrogen-bond acceptors (Lipinski definition) is 6. The molecule has 0 saturated heterocycles. The molecule has 1 aromatic rings. The van der Waals surface area contributed by atoms with E-state index in [1.54, 1.807) is 6.08 Å². The number of ether oxygens (including phenoxy) is 4. The van der Waals surface area contributed by atoms with E-state index in [9.17, 15) is 22.8 Å². The zero-order chi connectivity index (χ0) is 17.7. The van der Waals surface area contributed by atoms with Crippen molar-refractivity contribution in [3.8, 4) is 5.75 Å². The van der Waals surface area contributed by atoms with Gasteiger partial charge in [-0.25, -0.2) is 9.59 Å². The Morgan fingerprint density at radius 2 is 2.00 bits per heavy atom. The van der Waals surface area contributed by atoms with Gasteiger partial charge in [0.25, 0.3) is 0 Å². The van der Waals surface area contributed by atoms with Crippen LogP contribution in [-0.4, -0.2) is 38.8 Å². The van der Waals surface area contributed by atoms with Crippen LogP contribution in [0.25, 0.3) is 5.57 Å². The van der Waals surface area contributed by atoms with E-state index >= 15 is 0 Å². The number of benzene rings is 1. The topological polar surface area (TPSA) is 71.1 Å². The van der Waals surface area contributed by atoms with Crippen LogP contribution >= 0.6 is 0 Å². The van der Waals surface area contributed by atoms with Gasteiger partial charge in [0.2, 0.25) is 0 Å². The number of esters is 1. The maximum atomic E-state index is 12.1. The molecule has 9 heteroatoms. The smallest absolute Gasteiger partial charge is 0.465 e. The molecule has 0 fully saturated rings. The molecule has 0 N–H and O–H groups in total. The van der Waals surface area contributed by atoms with Gasteiger partial charge < -0.3 is 18.9 Å². The summed E-state index contributed by atoms with van der Waals surface area (Å²) in [6.45, 7) is 0.685. The first-order valence-electron chi connectivity index (χ1n) is 6.77. The highest BCUT2D eigenvalue weighted by Crippen LogP contribution is 2.32. The lowest BCUT2D eigenvalue weighted by Crippen LogP contribution is -2.22. The van der Waals surface area contributed by atoms with Crippen LogP contribution in [0.5, 0.6) is 5.75 Å². The molecule has 0 bridgehead atoms. The lowest BCUT2D eigenvalue weighted by atomic mass is 9.98. The van der Waals surface area contributed by atoms with Crippen molar-refractivity contribution in [2.75, 3.05) is 20.3 Å². The molecular formula is C15H13F3O6. The Hall–Kier alpha value is -2.55. The van der Waals surface area contributed by atoms with Crippen LogP contribution in [0, 0.1) is 0 Å². The maximum Gasteiger partial charge on any atom is 0.577 e. The number of halogens is 3. The number of rotatable bonds is 3. The summed E-state index contributed by atoms with van der Waals surface area (Å²) in [7, 11) is 1.20. The van der Waals surface area contributed by atoms with Gasteiger partial charge in [-0.05, 0) is 30.2 Å². The monoisotopic (exact) mass is 346 g/mol. The van der Waals surface area contributed by atoms with Crippen molar-refractivity contribution in [2.24, 2.45) is 0 Å². The molecule has 0 radical (unpaired) electrons. The van der Waals surface area contributed by atoms with Gasteiger partial charge in [0, 0.05) is 5.56 Å². The van der Waals surface area contributed by atoms with Gasteiger partial charge in [0.05, 0.1) is 25.9 Å². The predicted molar refractivity (Wildman–Crippen MR) is 74.4 cm³/mol. The Balaban J connectivity index is 2.33. The molecule has 24 heavy (non-hydrogen) atoms. The van der Waals surface area contributed by atoms with Gasteiger partial charge in [-0.15, -0.1) is 13.2 Å². The van der Waals surface area contributed by atoms with E-state index in [0.29, 0.717) is 30.8 Å². The van der Waals surface area contributed by atoms with E-state index in [1.807, 2.05) is 0 Å². The average molecular weight is 346 g/mol. The third-order valence-electron chi connectivity index (χ3n) is 3.10. The Morgan fingerprint density at radius 1 is 1.25 bits per heavy atom. The lowest BCUT2D eigenvalue weighted by Gasteiger charge is -2.17. The molecular weight excluding hydrogens is 333 g/mol. The predicted octanol–water partition coefficient (Wildman–Crippen LogP) is 3.31. The molecule has 2 rings (SSSR count). The molecule has 6 nitrogen and oxygen atoms in total. The van der Waals surface area contributed by atoms with E-state index in [1.165, 1.54) is 25.3 Å². The van der Waals surface area contributed by atoms with Crippen molar-refractivity contribution in [3.63, 3.8) is 0 Å². The van der Waals surface area contributed by atoms with Crippen LogP contribution in [0.15, 0.2) is 24.3 Å². The first-order chi connectivity index (χ1) is 11.3. The summed E-state index contributed by atoms with van der Waals surface area (Å²) >= 11 is 0. The number of carbonyl (C=O) groups excluding carboxylic acids is 2. The number of carbonyl (C=O) groups is 2. The Kier molecular flexibility index (Phi) is 5.45. The first-order valence-corrected chi connectivity index (χ1v) is 6.77. The minimum Gasteiger partial charge on any atom is -0.465 e.